The average molecular weight is 346 g/mol. The molecule has 0 amide bonds. The highest BCUT2D eigenvalue weighted by Crippen LogP contribution is 2.25. The van der Waals surface area contributed by atoms with Crippen LogP contribution < -0.4 is 0 Å². The molecule has 5 heteroatoms. The lowest BCUT2D eigenvalue weighted by Crippen LogP contribution is -1.93. The summed E-state index contributed by atoms with van der Waals surface area (Å²) in [5.74, 6) is 0.644. The van der Waals surface area contributed by atoms with Crippen LogP contribution in [0.3, 0.4) is 0 Å². The highest BCUT2D eigenvalue weighted by Gasteiger charge is 2.13. The van der Waals surface area contributed by atoms with Crippen LogP contribution in [0.15, 0.2) is 82.9 Å². The Kier molecular flexibility index (Phi) is 4.14. The van der Waals surface area contributed by atoms with Gasteiger partial charge in [-0.3, -0.25) is 4.79 Å². The summed E-state index contributed by atoms with van der Waals surface area (Å²) in [7, 11) is 0. The highest BCUT2D eigenvalue weighted by atomic mass is 32.1. The van der Waals surface area contributed by atoms with E-state index in [0.29, 0.717) is 16.3 Å². The van der Waals surface area contributed by atoms with Crippen LogP contribution in [-0.2, 0) is 0 Å². The molecule has 0 aliphatic heterocycles. The third-order valence-electron chi connectivity index (χ3n) is 3.70. The van der Waals surface area contributed by atoms with Crippen molar-refractivity contribution in [1.82, 2.24) is 9.78 Å². The summed E-state index contributed by atoms with van der Waals surface area (Å²) in [6, 6.07) is 17.2. The summed E-state index contributed by atoms with van der Waals surface area (Å²) in [6.07, 6.45) is 6.86. The van der Waals surface area contributed by atoms with Gasteiger partial charge in [0.25, 0.3) is 0 Å². The molecule has 4 aromatic rings. The first-order valence-corrected chi connectivity index (χ1v) is 8.64. The zero-order valence-corrected chi connectivity index (χ0v) is 14.0. The van der Waals surface area contributed by atoms with Crippen molar-refractivity contribution >= 4 is 23.2 Å². The predicted octanol–water partition coefficient (Wildman–Crippen LogP) is 5.09. The Hall–Kier alpha value is -3.18. The number of carbonyl (C=O) groups excluding carboxylic acids is 1. The molecular weight excluding hydrogens is 332 g/mol. The van der Waals surface area contributed by atoms with E-state index in [9.17, 15) is 4.79 Å². The van der Waals surface area contributed by atoms with Gasteiger partial charge in [0.1, 0.15) is 5.69 Å². The molecule has 0 saturated carbocycles. The lowest BCUT2D eigenvalue weighted by Gasteiger charge is -1.98. The number of furan rings is 1. The van der Waals surface area contributed by atoms with Gasteiger partial charge in [0.15, 0.2) is 11.5 Å². The predicted molar refractivity (Wildman–Crippen MR) is 98.9 cm³/mol. The van der Waals surface area contributed by atoms with E-state index in [1.165, 1.54) is 11.3 Å². The van der Waals surface area contributed by atoms with Gasteiger partial charge in [-0.15, -0.1) is 11.3 Å². The molecule has 0 unspecified atom stereocenters. The summed E-state index contributed by atoms with van der Waals surface area (Å²) >= 11 is 1.43. The highest BCUT2D eigenvalue weighted by molar-refractivity contribution is 7.12. The summed E-state index contributed by atoms with van der Waals surface area (Å²) in [4.78, 5) is 12.9. The molecule has 0 radical (unpaired) electrons. The largest absolute Gasteiger partial charge is 0.463 e. The maximum Gasteiger partial charge on any atom is 0.195 e. The fraction of sp³-hybridized carbons (Fsp3) is 0. The van der Waals surface area contributed by atoms with E-state index >= 15 is 0 Å². The minimum atomic E-state index is -0.0205. The summed E-state index contributed by atoms with van der Waals surface area (Å²) < 4.78 is 7.28. The number of allylic oxidation sites excluding steroid dienone is 1. The van der Waals surface area contributed by atoms with Gasteiger partial charge in [-0.1, -0.05) is 24.3 Å². The average Bonchev–Trinajstić information content (AvgIpc) is 3.41. The molecule has 0 fully saturated rings. The Bertz CT molecular complexity index is 998. The second-order valence-electron chi connectivity index (χ2n) is 5.37. The Morgan fingerprint density at radius 3 is 2.68 bits per heavy atom. The van der Waals surface area contributed by atoms with Gasteiger partial charge >= 0.3 is 0 Å². The Morgan fingerprint density at radius 1 is 1.08 bits per heavy atom. The van der Waals surface area contributed by atoms with E-state index < -0.39 is 0 Å². The van der Waals surface area contributed by atoms with E-state index in [1.807, 2.05) is 66.2 Å². The van der Waals surface area contributed by atoms with Crippen molar-refractivity contribution in [3.8, 4) is 17.1 Å². The lowest BCUT2D eigenvalue weighted by molar-refractivity contribution is 0.105. The number of para-hydroxylation sites is 1. The number of nitrogens with zero attached hydrogens (tertiary/aromatic N) is 2. The standard InChI is InChI=1S/C20H14N2O2S/c23-17(19-9-5-13-25-19)11-10-15-14-22(16-6-2-1-3-7-16)21-20(15)18-8-4-12-24-18/h1-14H/b11-10-. The molecule has 3 heterocycles. The summed E-state index contributed by atoms with van der Waals surface area (Å²) in [5.41, 5.74) is 2.47. The van der Waals surface area contributed by atoms with E-state index in [0.717, 1.165) is 11.3 Å². The third-order valence-corrected chi connectivity index (χ3v) is 4.58. The monoisotopic (exact) mass is 346 g/mol. The van der Waals surface area contributed by atoms with Crippen molar-refractivity contribution in [2.45, 2.75) is 0 Å². The first kappa shape index (κ1) is 15.4. The first-order chi connectivity index (χ1) is 12.3. The number of thiophene rings is 1. The Morgan fingerprint density at radius 2 is 1.96 bits per heavy atom. The molecule has 3 aromatic heterocycles. The molecule has 0 atom stereocenters. The maximum atomic E-state index is 12.2. The van der Waals surface area contributed by atoms with E-state index in [4.69, 9.17) is 4.42 Å². The Balaban J connectivity index is 1.73. The van der Waals surface area contributed by atoms with Crippen LogP contribution in [-0.4, -0.2) is 15.6 Å². The van der Waals surface area contributed by atoms with Crippen LogP contribution in [0.4, 0.5) is 0 Å². The van der Waals surface area contributed by atoms with Crippen molar-refractivity contribution in [3.05, 3.63) is 89.0 Å². The smallest absolute Gasteiger partial charge is 0.195 e. The van der Waals surface area contributed by atoms with Crippen molar-refractivity contribution < 1.29 is 9.21 Å². The summed E-state index contributed by atoms with van der Waals surface area (Å²) in [6.45, 7) is 0. The van der Waals surface area contributed by atoms with E-state index in [-0.39, 0.29) is 5.78 Å². The van der Waals surface area contributed by atoms with Crippen molar-refractivity contribution in [1.29, 1.82) is 0 Å². The minimum Gasteiger partial charge on any atom is -0.463 e. The number of ketones is 1. The van der Waals surface area contributed by atoms with Crippen molar-refractivity contribution in [2.75, 3.05) is 0 Å². The number of hydrogen-bond acceptors (Lipinski definition) is 4. The number of carbonyl (C=O) groups is 1. The van der Waals surface area contributed by atoms with E-state index in [1.54, 1.807) is 23.1 Å². The van der Waals surface area contributed by atoms with Gasteiger partial charge in [-0.05, 0) is 47.9 Å². The second-order valence-corrected chi connectivity index (χ2v) is 6.31. The molecule has 0 N–H and O–H groups in total. The maximum absolute atomic E-state index is 12.2. The van der Waals surface area contributed by atoms with Crippen LogP contribution in [0.25, 0.3) is 23.2 Å². The molecule has 0 aliphatic rings. The quantitative estimate of drug-likeness (QED) is 0.373. The first-order valence-electron chi connectivity index (χ1n) is 7.76. The van der Waals surface area contributed by atoms with Gasteiger partial charge in [0, 0.05) is 11.8 Å². The number of benzene rings is 1. The zero-order chi connectivity index (χ0) is 17.1. The normalized spacial score (nSPS) is 11.2. The minimum absolute atomic E-state index is 0.0205. The van der Waals surface area contributed by atoms with Gasteiger partial charge in [0.05, 0.1) is 16.8 Å². The fourth-order valence-corrected chi connectivity index (χ4v) is 3.14. The van der Waals surface area contributed by atoms with Crippen LogP contribution in [0.1, 0.15) is 15.2 Å². The Labute approximate surface area is 148 Å². The third kappa shape index (κ3) is 3.22. The van der Waals surface area contributed by atoms with Gasteiger partial charge in [0.2, 0.25) is 0 Å². The number of aromatic nitrogens is 2. The fourth-order valence-electron chi connectivity index (χ4n) is 2.49. The van der Waals surface area contributed by atoms with Crippen LogP contribution in [0, 0.1) is 0 Å². The SMILES string of the molecule is O=C(/C=C\c1cn(-c2ccccc2)nc1-c1ccco1)c1cccs1. The molecule has 25 heavy (non-hydrogen) atoms. The van der Waals surface area contributed by atoms with E-state index in [2.05, 4.69) is 5.10 Å². The molecule has 0 saturated heterocycles. The molecule has 4 rings (SSSR count). The van der Waals surface area contributed by atoms with Crippen molar-refractivity contribution in [2.24, 2.45) is 0 Å². The van der Waals surface area contributed by atoms with Crippen molar-refractivity contribution in [3.63, 3.8) is 0 Å². The number of rotatable bonds is 5. The number of hydrogen-bond donors (Lipinski definition) is 0. The van der Waals surface area contributed by atoms with Crippen LogP contribution in [0.5, 0.6) is 0 Å². The van der Waals surface area contributed by atoms with Crippen LogP contribution in [0.2, 0.25) is 0 Å². The molecule has 0 bridgehead atoms. The molecule has 122 valence electrons. The molecule has 0 aliphatic carbocycles. The van der Waals surface area contributed by atoms with Gasteiger partial charge < -0.3 is 4.42 Å². The summed E-state index contributed by atoms with van der Waals surface area (Å²) in [5, 5.41) is 6.52. The zero-order valence-electron chi connectivity index (χ0n) is 13.2. The molecule has 1 aromatic carbocycles. The topological polar surface area (TPSA) is 48.0 Å². The van der Waals surface area contributed by atoms with Gasteiger partial charge in [-0.2, -0.15) is 5.10 Å². The molecule has 0 spiro atoms. The molecular formula is C20H14N2O2S. The second kappa shape index (κ2) is 6.75. The van der Waals surface area contributed by atoms with Gasteiger partial charge in [-0.25, -0.2) is 4.68 Å². The lowest BCUT2D eigenvalue weighted by atomic mass is 10.1. The molecule has 4 nitrogen and oxygen atoms in total. The van der Waals surface area contributed by atoms with Crippen LogP contribution >= 0.6 is 11.3 Å².